The second-order valence-corrected chi connectivity index (χ2v) is 35.5. The van der Waals surface area contributed by atoms with Crippen LogP contribution >= 0.6 is 11.8 Å². The first-order valence-electron chi connectivity index (χ1n) is 55.1. The number of amides is 1. The van der Waals surface area contributed by atoms with E-state index in [1.54, 1.807) is 0 Å². The molecule has 0 saturated heterocycles. The number of aliphatic hydroxyl groups excluding tert-OH is 1. The van der Waals surface area contributed by atoms with Gasteiger partial charge in [0.25, 0.3) is 0 Å². The minimum absolute atomic E-state index is 0.0267. The molecule has 0 aliphatic rings. The molecule has 5 N–H and O–H groups in total. The molecule has 0 fully saturated rings. The molecule has 866 valence electrons. The van der Waals surface area contributed by atoms with Crippen LogP contribution in [0.15, 0.2) is 0 Å². The molecule has 0 aromatic rings. The summed E-state index contributed by atoms with van der Waals surface area (Å²) in [4.78, 5) is 73.8. The Kier molecular flexibility index (Phi) is 122. The number of carboxylic acid groups (broad SMARTS) is 1. The van der Waals surface area contributed by atoms with Crippen LogP contribution in [0, 0.1) is 0 Å². The molecular formula is C105H202N2O38S. The molecule has 0 aromatic carbocycles. The van der Waals surface area contributed by atoms with E-state index in [1.165, 1.54) is 140 Å². The van der Waals surface area contributed by atoms with Gasteiger partial charge in [-0.3, -0.25) is 28.8 Å². The van der Waals surface area contributed by atoms with Gasteiger partial charge in [0.1, 0.15) is 17.9 Å². The summed E-state index contributed by atoms with van der Waals surface area (Å²) in [7, 11) is 0. The van der Waals surface area contributed by atoms with Gasteiger partial charge in [0.15, 0.2) is 5.78 Å². The highest BCUT2D eigenvalue weighted by Crippen LogP contribution is 2.18. The Labute approximate surface area is 880 Å². The van der Waals surface area contributed by atoms with Crippen molar-refractivity contribution in [3.05, 3.63) is 0 Å². The zero-order chi connectivity index (χ0) is 105. The third-order valence-electron chi connectivity index (χ3n) is 21.7. The van der Waals surface area contributed by atoms with Crippen molar-refractivity contribution in [2.24, 2.45) is 5.73 Å². The fourth-order valence-electron chi connectivity index (χ4n) is 13.4. The van der Waals surface area contributed by atoms with Crippen LogP contribution in [-0.4, -0.2) is 458 Å². The Bertz CT molecular complexity index is 2660. The summed E-state index contributed by atoms with van der Waals surface area (Å²) >= 11 is 1.35. The van der Waals surface area contributed by atoms with Gasteiger partial charge in [-0.05, 0) is 19.3 Å². The summed E-state index contributed by atoms with van der Waals surface area (Å²) in [5.41, 5.74) is 6.28. The van der Waals surface area contributed by atoms with Crippen molar-refractivity contribution < 1.29 is 181 Å². The minimum Gasteiger partial charge on any atom is -0.481 e. The Hall–Kier alpha value is -3.63. The Morgan fingerprint density at radius 1 is 0.240 bits per heavy atom. The highest BCUT2D eigenvalue weighted by molar-refractivity contribution is 7.99. The largest absolute Gasteiger partial charge is 0.481 e. The van der Waals surface area contributed by atoms with Gasteiger partial charge >= 0.3 is 17.9 Å². The second-order valence-electron chi connectivity index (χ2n) is 34.4. The Balaban J connectivity index is 3.55. The molecule has 146 heavy (non-hydrogen) atoms. The Morgan fingerprint density at radius 2 is 0.459 bits per heavy atom. The second kappa shape index (κ2) is 125. The monoisotopic (exact) mass is 2130 g/mol. The maximum Gasteiger partial charge on any atom is 0.306 e. The summed E-state index contributed by atoms with van der Waals surface area (Å²) in [6.45, 7) is 28.6. The maximum atomic E-state index is 13.1. The molecule has 0 aromatic heterocycles. The van der Waals surface area contributed by atoms with Gasteiger partial charge in [0.2, 0.25) is 5.91 Å². The van der Waals surface area contributed by atoms with Gasteiger partial charge in [-0.25, -0.2) is 0 Å². The third kappa shape index (κ3) is 119. The molecule has 41 heteroatoms. The van der Waals surface area contributed by atoms with Crippen LogP contribution in [0.1, 0.15) is 232 Å². The molecule has 0 aliphatic heterocycles. The highest BCUT2D eigenvalue weighted by Gasteiger charge is 2.25. The molecule has 0 spiro atoms. The van der Waals surface area contributed by atoms with E-state index >= 15 is 0 Å². The quantitative estimate of drug-likeness (QED) is 0.0324. The summed E-state index contributed by atoms with van der Waals surface area (Å²) in [6, 6.07) is -2.09. The number of hydrogen-bond donors (Lipinski definition) is 4. The summed E-state index contributed by atoms with van der Waals surface area (Å²) in [5, 5.41) is 21.2. The zero-order valence-corrected chi connectivity index (χ0v) is 91.1. The van der Waals surface area contributed by atoms with Crippen molar-refractivity contribution >= 4 is 47.1 Å². The number of thioether (sulfide) groups is 1. The van der Waals surface area contributed by atoms with E-state index in [9.17, 15) is 33.9 Å². The lowest BCUT2D eigenvalue weighted by atomic mass is 10.0. The number of aliphatic hydroxyl groups is 1. The lowest BCUT2D eigenvalue weighted by Crippen LogP contribution is -2.51. The van der Waals surface area contributed by atoms with Crippen LogP contribution in [0.2, 0.25) is 0 Å². The lowest BCUT2D eigenvalue weighted by molar-refractivity contribution is -0.150. The summed E-state index contributed by atoms with van der Waals surface area (Å²) < 4.78 is 166. The number of nitrogens with one attached hydrogen (secondary N) is 1. The van der Waals surface area contributed by atoms with Gasteiger partial charge in [0.05, 0.1) is 389 Å². The van der Waals surface area contributed by atoms with Crippen LogP contribution in [0.4, 0.5) is 0 Å². The van der Waals surface area contributed by atoms with Crippen molar-refractivity contribution in [2.45, 2.75) is 250 Å². The molecule has 0 radical (unpaired) electrons. The van der Waals surface area contributed by atoms with Crippen LogP contribution in [0.5, 0.6) is 0 Å². The molecule has 3 atom stereocenters. The van der Waals surface area contributed by atoms with E-state index in [4.69, 9.17) is 153 Å². The smallest absolute Gasteiger partial charge is 0.306 e. The van der Waals surface area contributed by atoms with Gasteiger partial charge in [-0.2, -0.15) is 11.8 Å². The first-order valence-corrected chi connectivity index (χ1v) is 56.2. The van der Waals surface area contributed by atoms with E-state index in [2.05, 4.69) is 19.2 Å². The number of hydrogen-bond acceptors (Lipinski definition) is 39. The maximum absolute atomic E-state index is 13.1. The average Bonchev–Trinajstić information content (AvgIpc) is 0.906. The molecule has 0 aliphatic carbocycles. The number of carboxylic acids is 1. The van der Waals surface area contributed by atoms with Crippen molar-refractivity contribution in [2.75, 3.05) is 395 Å². The predicted molar refractivity (Wildman–Crippen MR) is 554 cm³/mol. The fraction of sp³-hybridized carbons (Fsp3) is 0.943. The van der Waals surface area contributed by atoms with Crippen molar-refractivity contribution in [1.29, 1.82) is 0 Å². The van der Waals surface area contributed by atoms with Gasteiger partial charge in [-0.15, -0.1) is 0 Å². The number of ketones is 2. The van der Waals surface area contributed by atoms with Gasteiger partial charge in [-0.1, -0.05) is 168 Å². The molecule has 40 nitrogen and oxygen atoms in total. The first kappa shape index (κ1) is 142. The topological polar surface area (TPSA) is 458 Å². The van der Waals surface area contributed by atoms with Crippen LogP contribution in [0.25, 0.3) is 0 Å². The van der Waals surface area contributed by atoms with Crippen LogP contribution in [-0.2, 0) is 171 Å². The van der Waals surface area contributed by atoms with E-state index < -0.39 is 36.7 Å². The number of ether oxygens (including phenoxy) is 30. The van der Waals surface area contributed by atoms with E-state index in [0.29, 0.717) is 395 Å². The number of carbonyl (C=O) groups is 6. The van der Waals surface area contributed by atoms with Crippen LogP contribution in [0.3, 0.4) is 0 Å². The Morgan fingerprint density at radius 3 is 0.692 bits per heavy atom. The predicted octanol–water partition coefficient (Wildman–Crippen LogP) is 11.0. The first-order chi connectivity index (χ1) is 72.0. The zero-order valence-electron chi connectivity index (χ0n) is 90.3. The van der Waals surface area contributed by atoms with E-state index in [-0.39, 0.29) is 68.2 Å². The number of Topliss-reactive ketones (excluding diaryl/α,β-unsaturated/α-hetero) is 2. The average molecular weight is 2130 g/mol. The molecular weight excluding hydrogens is 1930 g/mol. The van der Waals surface area contributed by atoms with Crippen molar-refractivity contribution in [3.8, 4) is 0 Å². The number of nitrogens with two attached hydrogens (primary N) is 1. The minimum atomic E-state index is -1.11. The lowest BCUT2D eigenvalue weighted by Gasteiger charge is -2.20. The molecule has 0 unspecified atom stereocenters. The molecule has 0 bridgehead atoms. The van der Waals surface area contributed by atoms with Crippen molar-refractivity contribution in [1.82, 2.24) is 5.32 Å². The third-order valence-corrected chi connectivity index (χ3v) is 22.9. The normalized spacial score (nSPS) is 12.3. The fourth-order valence-corrected chi connectivity index (χ4v) is 14.4. The van der Waals surface area contributed by atoms with Gasteiger partial charge < -0.3 is 163 Å². The summed E-state index contributed by atoms with van der Waals surface area (Å²) in [5.74, 6) is -2.01. The number of carbonyl (C=O) groups excluding carboxylic acids is 5. The van der Waals surface area contributed by atoms with Gasteiger partial charge in [0, 0.05) is 56.6 Å². The van der Waals surface area contributed by atoms with E-state index in [1.807, 2.05) is 0 Å². The molecule has 1 amide bonds. The molecule has 0 heterocycles. The standard InChI is InChI=1S/C105H202N2O38S/c1-3-5-7-9-11-13-15-17-19-21-23-25-27-31-103(113)144-39-36-98(145-104(114)32-28-26-24-22-20-18-16-14-12-10-8-6-4-2)95-146-96-99(106)105(115)107-100(94-108)101(110)30-29-37-116-40-42-118-44-46-120-48-50-122-52-54-124-56-58-126-60-62-128-64-66-130-68-70-132-72-74-134-76-78-136-80-82-138-84-86-140-88-90-142-92-93-143-91-89-141-87-85-139-83-81-137-79-77-135-75-73-133-71-69-131-67-65-129-63-61-127-59-57-125-55-53-123-51-49-121-47-45-119-43-41-117-38-35-97(109)33-34-102(111)112/h98-100,108H,3-96,106H2,1-2H3,(H,107,115)(H,111,112)/t98-,99+,100+/m1/s1. The SMILES string of the molecule is CCCCCCCCCCCCCCCC(=O)OCC[C@H](CSC[C@H](N)C(=O)N[C@@H](CO)C(=O)CCCOCCOCCOCCOCCOCCOCCOCCOCCOCCOCCOCCOCCOCCOCCOCCOCCOCCOCCOCCOCCOCCOCCOCCOCCOCCOCCOCCOCCC(=O)CCC(=O)O)OC(=O)CCCCCCCCCCCCCCC. The van der Waals surface area contributed by atoms with Crippen LogP contribution < -0.4 is 11.1 Å². The summed E-state index contributed by atoms with van der Waals surface area (Å²) in [6.07, 6.45) is 32.7. The molecule has 0 saturated carbocycles. The number of esters is 2. The number of rotatable bonds is 131. The number of aliphatic carboxylic acids is 1. The highest BCUT2D eigenvalue weighted by atomic mass is 32.2. The molecule has 0 rings (SSSR count). The van der Waals surface area contributed by atoms with E-state index in [0.717, 1.165) is 38.5 Å². The van der Waals surface area contributed by atoms with Crippen molar-refractivity contribution in [3.63, 3.8) is 0 Å². The number of unbranched alkanes of at least 4 members (excludes halogenated alkanes) is 24.